The molecule has 1 amide bonds. The standard InChI is InChI=1S/C20H19N3O4/c1-26-17-8-15-16(9-18(17)27-2)21-11-22-19(15)13-4-3-12-5-6-23(20(24)25)10-14(12)7-13/h3-4,7-9,11H,5-6,10H2,1-2H3,(H,24,25). The van der Waals surface area contributed by atoms with Crippen LogP contribution in [0.3, 0.4) is 0 Å². The highest BCUT2D eigenvalue weighted by molar-refractivity contribution is 5.94. The Hall–Kier alpha value is -3.35. The zero-order valence-corrected chi connectivity index (χ0v) is 15.1. The number of nitrogens with zero attached hydrogens (tertiary/aromatic N) is 3. The molecular weight excluding hydrogens is 346 g/mol. The number of fused-ring (bicyclic) bond motifs is 2. The number of benzene rings is 2. The van der Waals surface area contributed by atoms with Crippen LogP contribution in [-0.2, 0) is 13.0 Å². The summed E-state index contributed by atoms with van der Waals surface area (Å²) in [4.78, 5) is 21.5. The highest BCUT2D eigenvalue weighted by Crippen LogP contribution is 2.36. The molecule has 0 atom stereocenters. The van der Waals surface area contributed by atoms with E-state index in [2.05, 4.69) is 16.0 Å². The zero-order chi connectivity index (χ0) is 19.0. The van der Waals surface area contributed by atoms with Crippen molar-refractivity contribution in [3.63, 3.8) is 0 Å². The van der Waals surface area contributed by atoms with Crippen molar-refractivity contribution in [3.05, 3.63) is 47.8 Å². The molecule has 0 aliphatic carbocycles. The van der Waals surface area contributed by atoms with E-state index in [4.69, 9.17) is 9.47 Å². The molecule has 0 radical (unpaired) electrons. The van der Waals surface area contributed by atoms with Crippen LogP contribution in [0.2, 0.25) is 0 Å². The van der Waals surface area contributed by atoms with E-state index in [0.29, 0.717) is 24.6 Å². The van der Waals surface area contributed by atoms with Gasteiger partial charge in [-0.25, -0.2) is 14.8 Å². The second-order valence-corrected chi connectivity index (χ2v) is 6.38. The molecule has 2 heterocycles. The maximum absolute atomic E-state index is 11.3. The number of ether oxygens (including phenoxy) is 2. The number of methoxy groups -OCH3 is 2. The molecule has 0 unspecified atom stereocenters. The first-order valence-corrected chi connectivity index (χ1v) is 8.57. The lowest BCUT2D eigenvalue weighted by Gasteiger charge is -2.26. The minimum absolute atomic E-state index is 0.388. The van der Waals surface area contributed by atoms with Crippen molar-refractivity contribution in [2.45, 2.75) is 13.0 Å². The number of rotatable bonds is 3. The normalized spacial score (nSPS) is 13.3. The molecule has 0 saturated carbocycles. The molecule has 7 heteroatoms. The fraction of sp³-hybridized carbons (Fsp3) is 0.250. The monoisotopic (exact) mass is 365 g/mol. The van der Waals surface area contributed by atoms with Gasteiger partial charge < -0.3 is 19.5 Å². The maximum Gasteiger partial charge on any atom is 0.407 e. The van der Waals surface area contributed by atoms with Crippen LogP contribution in [0.25, 0.3) is 22.2 Å². The molecule has 0 saturated heterocycles. The van der Waals surface area contributed by atoms with E-state index in [1.807, 2.05) is 24.3 Å². The molecule has 1 N–H and O–H groups in total. The Labute approximate surface area is 156 Å². The number of aromatic nitrogens is 2. The Kier molecular flexibility index (Phi) is 4.27. The molecule has 1 aromatic heterocycles. The summed E-state index contributed by atoms with van der Waals surface area (Å²) in [6.45, 7) is 0.910. The van der Waals surface area contributed by atoms with Gasteiger partial charge >= 0.3 is 6.09 Å². The number of carboxylic acid groups (broad SMARTS) is 1. The van der Waals surface area contributed by atoms with Crippen LogP contribution in [0.15, 0.2) is 36.7 Å². The van der Waals surface area contributed by atoms with Gasteiger partial charge in [-0.15, -0.1) is 0 Å². The van der Waals surface area contributed by atoms with Crippen LogP contribution < -0.4 is 9.47 Å². The smallest absolute Gasteiger partial charge is 0.407 e. The second kappa shape index (κ2) is 6.75. The molecule has 0 spiro atoms. The van der Waals surface area contributed by atoms with Gasteiger partial charge in [0.05, 0.1) is 25.4 Å². The van der Waals surface area contributed by atoms with Gasteiger partial charge in [0.1, 0.15) is 6.33 Å². The highest BCUT2D eigenvalue weighted by Gasteiger charge is 2.21. The second-order valence-electron chi connectivity index (χ2n) is 6.38. The first kappa shape index (κ1) is 17.1. The summed E-state index contributed by atoms with van der Waals surface area (Å²) in [5.74, 6) is 1.22. The van der Waals surface area contributed by atoms with Gasteiger partial charge in [0.2, 0.25) is 0 Å². The van der Waals surface area contributed by atoms with E-state index in [-0.39, 0.29) is 0 Å². The van der Waals surface area contributed by atoms with E-state index in [1.165, 1.54) is 16.8 Å². The van der Waals surface area contributed by atoms with Crippen molar-refractivity contribution in [1.82, 2.24) is 14.9 Å². The fourth-order valence-corrected chi connectivity index (χ4v) is 3.48. The first-order valence-electron chi connectivity index (χ1n) is 8.57. The van der Waals surface area contributed by atoms with Crippen LogP contribution in [0.4, 0.5) is 4.79 Å². The SMILES string of the molecule is COc1cc2ncnc(-c3ccc4c(c3)CN(C(=O)O)CC4)c2cc1OC. The quantitative estimate of drug-likeness (QED) is 0.766. The molecule has 1 aliphatic rings. The van der Waals surface area contributed by atoms with E-state index in [0.717, 1.165) is 34.1 Å². The molecule has 27 heavy (non-hydrogen) atoms. The van der Waals surface area contributed by atoms with Crippen molar-refractivity contribution < 1.29 is 19.4 Å². The van der Waals surface area contributed by atoms with Gasteiger partial charge in [0, 0.05) is 30.1 Å². The van der Waals surface area contributed by atoms with Gasteiger partial charge in [0.15, 0.2) is 11.5 Å². The molecule has 1 aliphatic heterocycles. The Morgan fingerprint density at radius 2 is 1.85 bits per heavy atom. The zero-order valence-electron chi connectivity index (χ0n) is 15.1. The molecule has 0 fully saturated rings. The molecular formula is C20H19N3O4. The van der Waals surface area contributed by atoms with E-state index >= 15 is 0 Å². The molecule has 138 valence electrons. The number of amides is 1. The van der Waals surface area contributed by atoms with Crippen molar-refractivity contribution in [1.29, 1.82) is 0 Å². The van der Waals surface area contributed by atoms with Crippen molar-refractivity contribution in [2.75, 3.05) is 20.8 Å². The summed E-state index contributed by atoms with van der Waals surface area (Å²) in [6, 6.07) is 9.78. The predicted molar refractivity (Wildman–Crippen MR) is 100 cm³/mol. The predicted octanol–water partition coefficient (Wildman–Crippen LogP) is 3.35. The lowest BCUT2D eigenvalue weighted by atomic mass is 9.95. The topological polar surface area (TPSA) is 84.8 Å². The highest BCUT2D eigenvalue weighted by atomic mass is 16.5. The van der Waals surface area contributed by atoms with Crippen LogP contribution in [0.1, 0.15) is 11.1 Å². The van der Waals surface area contributed by atoms with Crippen LogP contribution >= 0.6 is 0 Å². The summed E-state index contributed by atoms with van der Waals surface area (Å²) in [6.07, 6.45) is 1.35. The Balaban J connectivity index is 1.83. The summed E-state index contributed by atoms with van der Waals surface area (Å²) < 4.78 is 10.8. The van der Waals surface area contributed by atoms with E-state index < -0.39 is 6.09 Å². The third-order valence-electron chi connectivity index (χ3n) is 4.90. The minimum Gasteiger partial charge on any atom is -0.493 e. The average Bonchev–Trinajstić information content (AvgIpc) is 2.71. The lowest BCUT2D eigenvalue weighted by molar-refractivity contribution is 0.140. The molecule has 3 aromatic rings. The average molecular weight is 365 g/mol. The van der Waals surface area contributed by atoms with Crippen LogP contribution in [0.5, 0.6) is 11.5 Å². The maximum atomic E-state index is 11.3. The van der Waals surface area contributed by atoms with Gasteiger partial charge in [-0.05, 0) is 29.7 Å². The van der Waals surface area contributed by atoms with E-state index in [1.54, 1.807) is 14.2 Å². The van der Waals surface area contributed by atoms with Crippen LogP contribution in [0, 0.1) is 0 Å². The van der Waals surface area contributed by atoms with Gasteiger partial charge in [-0.2, -0.15) is 0 Å². The Morgan fingerprint density at radius 1 is 1.07 bits per heavy atom. The lowest BCUT2D eigenvalue weighted by Crippen LogP contribution is -2.34. The van der Waals surface area contributed by atoms with E-state index in [9.17, 15) is 9.90 Å². The Morgan fingerprint density at radius 3 is 2.59 bits per heavy atom. The third kappa shape index (κ3) is 3.01. The van der Waals surface area contributed by atoms with Gasteiger partial charge in [-0.1, -0.05) is 12.1 Å². The summed E-state index contributed by atoms with van der Waals surface area (Å²) in [5.41, 5.74) is 4.63. The van der Waals surface area contributed by atoms with Gasteiger partial charge in [0.25, 0.3) is 0 Å². The molecule has 2 aromatic carbocycles. The molecule has 4 rings (SSSR count). The van der Waals surface area contributed by atoms with Crippen molar-refractivity contribution in [3.8, 4) is 22.8 Å². The Bertz CT molecular complexity index is 1040. The number of hydrogen-bond acceptors (Lipinski definition) is 5. The number of carbonyl (C=O) groups is 1. The minimum atomic E-state index is -0.893. The molecule has 7 nitrogen and oxygen atoms in total. The van der Waals surface area contributed by atoms with Crippen molar-refractivity contribution in [2.24, 2.45) is 0 Å². The largest absolute Gasteiger partial charge is 0.493 e. The fourth-order valence-electron chi connectivity index (χ4n) is 3.48. The summed E-state index contributed by atoms with van der Waals surface area (Å²) in [5, 5.41) is 10.1. The van der Waals surface area contributed by atoms with Gasteiger partial charge in [-0.3, -0.25) is 0 Å². The summed E-state index contributed by atoms with van der Waals surface area (Å²) >= 11 is 0. The third-order valence-corrected chi connectivity index (χ3v) is 4.90. The molecule has 0 bridgehead atoms. The van der Waals surface area contributed by atoms with Crippen molar-refractivity contribution >= 4 is 17.0 Å². The van der Waals surface area contributed by atoms with Crippen LogP contribution in [-0.4, -0.2) is 46.8 Å². The summed E-state index contributed by atoms with van der Waals surface area (Å²) in [7, 11) is 3.18. The first-order chi connectivity index (χ1) is 13.1. The number of hydrogen-bond donors (Lipinski definition) is 1.